The summed E-state index contributed by atoms with van der Waals surface area (Å²) < 4.78 is 0. The molecule has 0 rings (SSSR count). The Morgan fingerprint density at radius 1 is 0.950 bits per heavy atom. The average molecular weight is 284 g/mol. The van der Waals surface area contributed by atoms with Gasteiger partial charge in [-0.3, -0.25) is 0 Å². The molecule has 0 aromatic heterocycles. The topological polar surface area (TPSA) is 74.6 Å². The summed E-state index contributed by atoms with van der Waals surface area (Å²) in [5, 5.41) is 16.8. The third kappa shape index (κ3) is 14.5. The summed E-state index contributed by atoms with van der Waals surface area (Å²) in [5.41, 5.74) is 0.635. The van der Waals surface area contributed by atoms with Crippen LogP contribution >= 0.6 is 0 Å². The molecule has 0 amide bonds. The van der Waals surface area contributed by atoms with Crippen molar-refractivity contribution in [3.8, 4) is 0 Å². The second kappa shape index (κ2) is 10.2. The lowest BCUT2D eigenvalue weighted by Gasteiger charge is -2.17. The van der Waals surface area contributed by atoms with Gasteiger partial charge in [0.05, 0.1) is 0 Å². The Balaban J connectivity index is 0. The zero-order valence-corrected chi connectivity index (χ0v) is 13.2. The van der Waals surface area contributed by atoms with Crippen LogP contribution in [0.15, 0.2) is 24.3 Å². The Hall–Kier alpha value is -1.58. The molecule has 0 aliphatic heterocycles. The zero-order chi connectivity index (χ0) is 16.3. The summed E-state index contributed by atoms with van der Waals surface area (Å²) >= 11 is 0. The van der Waals surface area contributed by atoms with Gasteiger partial charge >= 0.3 is 11.9 Å². The molecule has 0 bridgehead atoms. The van der Waals surface area contributed by atoms with Gasteiger partial charge in [-0.1, -0.05) is 53.7 Å². The van der Waals surface area contributed by atoms with Gasteiger partial charge in [0.25, 0.3) is 0 Å². The highest BCUT2D eigenvalue weighted by Crippen LogP contribution is 2.22. The zero-order valence-electron chi connectivity index (χ0n) is 13.2. The molecule has 0 aromatic carbocycles. The third-order valence-corrected chi connectivity index (χ3v) is 2.43. The largest absolute Gasteiger partial charge is 0.478 e. The minimum Gasteiger partial charge on any atom is -0.478 e. The van der Waals surface area contributed by atoms with E-state index in [1.807, 2.05) is 20.8 Å². The van der Waals surface area contributed by atoms with Crippen LogP contribution in [0.2, 0.25) is 0 Å². The minimum absolute atomic E-state index is 0.0233. The van der Waals surface area contributed by atoms with Crippen molar-refractivity contribution in [2.75, 3.05) is 0 Å². The van der Waals surface area contributed by atoms with Crippen LogP contribution in [0.4, 0.5) is 0 Å². The van der Waals surface area contributed by atoms with Crippen LogP contribution in [0.3, 0.4) is 0 Å². The maximum absolute atomic E-state index is 10.3. The second-order valence-electron chi connectivity index (χ2n) is 6.01. The van der Waals surface area contributed by atoms with Crippen LogP contribution in [0.25, 0.3) is 0 Å². The van der Waals surface area contributed by atoms with Gasteiger partial charge < -0.3 is 10.2 Å². The van der Waals surface area contributed by atoms with Crippen molar-refractivity contribution < 1.29 is 19.8 Å². The molecule has 4 heteroatoms. The first-order valence-corrected chi connectivity index (χ1v) is 6.83. The van der Waals surface area contributed by atoms with E-state index < -0.39 is 11.9 Å². The van der Waals surface area contributed by atoms with Crippen LogP contribution in [-0.4, -0.2) is 22.2 Å². The molecule has 4 nitrogen and oxygen atoms in total. The van der Waals surface area contributed by atoms with Crippen molar-refractivity contribution in [1.82, 2.24) is 0 Å². The molecule has 0 saturated carbocycles. The Kier molecular flexibility index (Phi) is 10.6. The van der Waals surface area contributed by atoms with Crippen LogP contribution in [0.1, 0.15) is 59.8 Å². The van der Waals surface area contributed by atoms with Crippen LogP contribution < -0.4 is 0 Å². The molecule has 0 radical (unpaired) electrons. The fourth-order valence-electron chi connectivity index (χ4n) is 1.41. The van der Waals surface area contributed by atoms with E-state index in [1.165, 1.54) is 0 Å². The normalized spacial score (nSPS) is 10.2. The van der Waals surface area contributed by atoms with E-state index in [-0.39, 0.29) is 11.0 Å². The average Bonchev–Trinajstić information content (AvgIpc) is 2.27. The van der Waals surface area contributed by atoms with Gasteiger partial charge in [0, 0.05) is 11.1 Å². The number of aliphatic carboxylic acids is 2. The first-order valence-electron chi connectivity index (χ1n) is 6.83. The first-order chi connectivity index (χ1) is 9.01. The lowest BCUT2D eigenvalue weighted by atomic mass is 9.88. The summed E-state index contributed by atoms with van der Waals surface area (Å²) in [6.07, 6.45) is 4.33. The summed E-state index contributed by atoms with van der Waals surface area (Å²) in [6.45, 7) is 14.9. The molecule has 0 aliphatic carbocycles. The predicted octanol–water partition coefficient (Wildman–Crippen LogP) is 4.27. The van der Waals surface area contributed by atoms with Gasteiger partial charge in [0.1, 0.15) is 0 Å². The molecule has 0 aromatic rings. The Morgan fingerprint density at radius 3 is 1.65 bits per heavy atom. The molecular formula is C16H28O4. The van der Waals surface area contributed by atoms with Crippen molar-refractivity contribution in [3.05, 3.63) is 24.3 Å². The summed E-state index contributed by atoms with van der Waals surface area (Å²) in [4.78, 5) is 20.5. The molecule has 20 heavy (non-hydrogen) atoms. The molecule has 0 heterocycles. The molecule has 0 spiro atoms. The lowest BCUT2D eigenvalue weighted by Crippen LogP contribution is -2.10. The van der Waals surface area contributed by atoms with Gasteiger partial charge in [-0.15, -0.1) is 0 Å². The first kappa shape index (κ1) is 20.7. The number of rotatable bonds is 7. The van der Waals surface area contributed by atoms with E-state index in [4.69, 9.17) is 10.2 Å². The van der Waals surface area contributed by atoms with Crippen LogP contribution in [0, 0.1) is 5.41 Å². The smallest absolute Gasteiger partial charge is 0.330 e. The van der Waals surface area contributed by atoms with E-state index in [9.17, 15) is 9.59 Å². The molecule has 116 valence electrons. The number of unbranched alkanes of at least 4 members (excludes halogenated alkanes) is 2. The van der Waals surface area contributed by atoms with Gasteiger partial charge in [0.2, 0.25) is 0 Å². The summed E-state index contributed by atoms with van der Waals surface area (Å²) in [5.74, 6) is -1.76. The van der Waals surface area contributed by atoms with Crippen LogP contribution in [0.5, 0.6) is 0 Å². The van der Waals surface area contributed by atoms with Gasteiger partial charge in [-0.05, 0) is 24.7 Å². The van der Waals surface area contributed by atoms with E-state index >= 15 is 0 Å². The Bertz CT molecular complexity index is 348. The van der Waals surface area contributed by atoms with Crippen molar-refractivity contribution >= 4 is 11.9 Å². The van der Waals surface area contributed by atoms with E-state index in [1.54, 1.807) is 0 Å². The molecule has 0 saturated heterocycles. The third-order valence-electron chi connectivity index (χ3n) is 2.43. The maximum Gasteiger partial charge on any atom is 0.330 e. The quantitative estimate of drug-likeness (QED) is 0.540. The van der Waals surface area contributed by atoms with E-state index in [0.717, 1.165) is 19.3 Å². The number of hydrogen-bond donors (Lipinski definition) is 2. The molecule has 0 atom stereocenters. The molecule has 2 N–H and O–H groups in total. The summed E-state index contributed by atoms with van der Waals surface area (Å²) in [7, 11) is 0. The molecule has 0 unspecified atom stereocenters. The van der Waals surface area contributed by atoms with Crippen molar-refractivity contribution in [3.63, 3.8) is 0 Å². The standard InChI is InChI=1S/2C8H14O2/c1-6(7(9)10)5-8(2,3)4;1-3-4-5-6-7(2)8(9)10/h1,5H2,2-4H3,(H,9,10);2-6H2,1H3,(H,9,10). The Labute approximate surface area is 122 Å². The second-order valence-corrected chi connectivity index (χ2v) is 6.01. The number of hydrogen-bond acceptors (Lipinski definition) is 2. The van der Waals surface area contributed by atoms with Gasteiger partial charge in [-0.25, -0.2) is 9.59 Å². The maximum atomic E-state index is 10.3. The fraction of sp³-hybridized carbons (Fsp3) is 0.625. The minimum atomic E-state index is -0.894. The highest BCUT2D eigenvalue weighted by Gasteiger charge is 2.15. The Morgan fingerprint density at radius 2 is 1.40 bits per heavy atom. The van der Waals surface area contributed by atoms with E-state index in [2.05, 4.69) is 20.1 Å². The van der Waals surface area contributed by atoms with Crippen molar-refractivity contribution in [2.45, 2.75) is 59.8 Å². The van der Waals surface area contributed by atoms with Gasteiger partial charge in [0.15, 0.2) is 0 Å². The van der Waals surface area contributed by atoms with E-state index in [0.29, 0.717) is 18.4 Å². The predicted molar refractivity (Wildman–Crippen MR) is 81.8 cm³/mol. The van der Waals surface area contributed by atoms with Crippen molar-refractivity contribution in [1.29, 1.82) is 0 Å². The number of carbonyl (C=O) groups is 2. The molecule has 0 aliphatic rings. The highest BCUT2D eigenvalue weighted by molar-refractivity contribution is 5.86. The number of carboxylic acids is 2. The summed E-state index contributed by atoms with van der Waals surface area (Å²) in [6, 6.07) is 0. The molecular weight excluding hydrogens is 256 g/mol. The van der Waals surface area contributed by atoms with Gasteiger partial charge in [-0.2, -0.15) is 0 Å². The van der Waals surface area contributed by atoms with Crippen LogP contribution in [-0.2, 0) is 9.59 Å². The van der Waals surface area contributed by atoms with Crippen molar-refractivity contribution in [2.24, 2.45) is 5.41 Å². The molecule has 0 fully saturated rings. The monoisotopic (exact) mass is 284 g/mol. The SMILES string of the molecule is C=C(CC(C)(C)C)C(=O)O.C=C(CCCCC)C(=O)O. The fourth-order valence-corrected chi connectivity index (χ4v) is 1.41. The highest BCUT2D eigenvalue weighted by atomic mass is 16.4. The number of carboxylic acid groups (broad SMARTS) is 2. The lowest BCUT2D eigenvalue weighted by molar-refractivity contribution is -0.133.